The molecule has 1 saturated carbocycles. The molecule has 2 aliphatic rings. The Kier molecular flexibility index (Phi) is 7.60. The van der Waals surface area contributed by atoms with Crippen LogP contribution in [0.15, 0.2) is 0 Å². The van der Waals surface area contributed by atoms with Crippen LogP contribution in [0.2, 0.25) is 0 Å². The molecule has 1 heterocycles. The zero-order valence-electron chi connectivity index (χ0n) is 15.7. The number of hydrogen-bond acceptors (Lipinski definition) is 6. The van der Waals surface area contributed by atoms with Gasteiger partial charge in [-0.05, 0) is 38.0 Å². The molecular formula is C19H29NO6. The largest absolute Gasteiger partial charge is 0.428 e. The first-order valence-corrected chi connectivity index (χ1v) is 9.56. The predicted octanol–water partition coefficient (Wildman–Crippen LogP) is 2.42. The molecule has 7 heteroatoms. The predicted molar refractivity (Wildman–Crippen MR) is 92.5 cm³/mol. The van der Waals surface area contributed by atoms with Gasteiger partial charge in [0.15, 0.2) is 0 Å². The standard InChI is InChI=1S/C19H29NO6/c1-3-4-5-16-10-17(22)20(18(16)23)11-14-6-8-15(9-7-14)19(24)26-12-25-13(2)21/h14-16H,3-12H2,1-2H3. The van der Waals surface area contributed by atoms with Crippen LogP contribution >= 0.6 is 0 Å². The van der Waals surface area contributed by atoms with Gasteiger partial charge >= 0.3 is 11.9 Å². The summed E-state index contributed by atoms with van der Waals surface area (Å²) >= 11 is 0. The number of amides is 2. The van der Waals surface area contributed by atoms with E-state index < -0.39 is 5.97 Å². The number of ether oxygens (including phenoxy) is 2. The van der Waals surface area contributed by atoms with E-state index in [2.05, 4.69) is 11.7 Å². The van der Waals surface area contributed by atoms with Crippen molar-refractivity contribution in [1.82, 2.24) is 4.90 Å². The van der Waals surface area contributed by atoms with Crippen LogP contribution in [0.25, 0.3) is 0 Å². The summed E-state index contributed by atoms with van der Waals surface area (Å²) in [5.74, 6) is -1.02. The number of hydrogen-bond donors (Lipinski definition) is 0. The number of likely N-dealkylation sites (tertiary alicyclic amines) is 1. The second-order valence-corrected chi connectivity index (χ2v) is 7.32. The number of unbranched alkanes of at least 4 members (excludes halogenated alkanes) is 1. The third-order valence-electron chi connectivity index (χ3n) is 5.33. The summed E-state index contributed by atoms with van der Waals surface area (Å²) < 4.78 is 9.56. The van der Waals surface area contributed by atoms with Crippen LogP contribution in [-0.2, 0) is 28.7 Å². The SMILES string of the molecule is CCCCC1CC(=O)N(CC2CCC(C(=O)OCOC(C)=O)CC2)C1=O. The monoisotopic (exact) mass is 367 g/mol. The molecule has 1 atom stereocenters. The summed E-state index contributed by atoms with van der Waals surface area (Å²) in [7, 11) is 0. The lowest BCUT2D eigenvalue weighted by atomic mass is 9.82. The van der Waals surface area contributed by atoms with Gasteiger partial charge in [0.25, 0.3) is 0 Å². The van der Waals surface area contributed by atoms with E-state index in [1.165, 1.54) is 11.8 Å². The minimum atomic E-state index is -0.487. The third kappa shape index (κ3) is 5.54. The van der Waals surface area contributed by atoms with Gasteiger partial charge in [-0.15, -0.1) is 0 Å². The fourth-order valence-electron chi connectivity index (χ4n) is 3.75. The first kappa shape index (κ1) is 20.4. The topological polar surface area (TPSA) is 90.0 Å². The van der Waals surface area contributed by atoms with Crippen molar-refractivity contribution in [2.24, 2.45) is 17.8 Å². The van der Waals surface area contributed by atoms with Crippen LogP contribution in [-0.4, -0.2) is 42.0 Å². The van der Waals surface area contributed by atoms with Gasteiger partial charge in [0.05, 0.1) is 5.92 Å². The van der Waals surface area contributed by atoms with Crippen LogP contribution < -0.4 is 0 Å². The highest BCUT2D eigenvalue weighted by Crippen LogP contribution is 2.32. The van der Waals surface area contributed by atoms with Gasteiger partial charge in [-0.25, -0.2) is 0 Å². The maximum atomic E-state index is 12.4. The maximum absolute atomic E-state index is 12.4. The molecule has 1 saturated heterocycles. The van der Waals surface area contributed by atoms with Crippen LogP contribution in [0.1, 0.15) is 65.2 Å². The molecule has 0 aromatic rings. The molecule has 0 N–H and O–H groups in total. The first-order valence-electron chi connectivity index (χ1n) is 9.56. The molecule has 2 amide bonds. The molecule has 0 spiro atoms. The Morgan fingerprint density at radius 2 is 1.81 bits per heavy atom. The Morgan fingerprint density at radius 3 is 2.42 bits per heavy atom. The Bertz CT molecular complexity index is 538. The van der Waals surface area contributed by atoms with E-state index in [4.69, 9.17) is 4.74 Å². The van der Waals surface area contributed by atoms with Crippen molar-refractivity contribution in [2.45, 2.75) is 65.2 Å². The molecule has 0 aromatic heterocycles. The Labute approximate surface area is 154 Å². The number of nitrogens with zero attached hydrogens (tertiary/aromatic N) is 1. The molecule has 146 valence electrons. The highest BCUT2D eigenvalue weighted by atomic mass is 16.7. The molecule has 0 radical (unpaired) electrons. The van der Waals surface area contributed by atoms with Gasteiger partial charge < -0.3 is 9.47 Å². The van der Waals surface area contributed by atoms with E-state index >= 15 is 0 Å². The molecule has 2 fully saturated rings. The Morgan fingerprint density at radius 1 is 1.12 bits per heavy atom. The average Bonchev–Trinajstić information content (AvgIpc) is 2.87. The first-order chi connectivity index (χ1) is 12.4. The summed E-state index contributed by atoms with van der Waals surface area (Å²) in [6, 6.07) is 0. The third-order valence-corrected chi connectivity index (χ3v) is 5.33. The molecule has 2 rings (SSSR count). The number of imide groups is 1. The van der Waals surface area contributed by atoms with Crippen molar-refractivity contribution in [3.63, 3.8) is 0 Å². The van der Waals surface area contributed by atoms with Crippen molar-refractivity contribution in [3.05, 3.63) is 0 Å². The average molecular weight is 367 g/mol. The maximum Gasteiger partial charge on any atom is 0.311 e. The lowest BCUT2D eigenvalue weighted by Crippen LogP contribution is -2.37. The van der Waals surface area contributed by atoms with E-state index in [0.29, 0.717) is 25.8 Å². The minimum Gasteiger partial charge on any atom is -0.428 e. The summed E-state index contributed by atoms with van der Waals surface area (Å²) in [6.07, 6.45) is 6.02. The second-order valence-electron chi connectivity index (χ2n) is 7.32. The smallest absolute Gasteiger partial charge is 0.311 e. The molecule has 7 nitrogen and oxygen atoms in total. The fourth-order valence-corrected chi connectivity index (χ4v) is 3.75. The summed E-state index contributed by atoms with van der Waals surface area (Å²) in [5.41, 5.74) is 0. The number of carbonyl (C=O) groups is 4. The van der Waals surface area contributed by atoms with Gasteiger partial charge in [-0.3, -0.25) is 24.1 Å². The Balaban J connectivity index is 1.74. The van der Waals surface area contributed by atoms with E-state index in [1.807, 2.05) is 0 Å². The van der Waals surface area contributed by atoms with Crippen molar-refractivity contribution in [2.75, 3.05) is 13.3 Å². The summed E-state index contributed by atoms with van der Waals surface area (Å²) in [6.45, 7) is 3.46. The van der Waals surface area contributed by atoms with Gasteiger partial charge in [-0.1, -0.05) is 19.8 Å². The summed E-state index contributed by atoms with van der Waals surface area (Å²) in [5, 5.41) is 0. The van der Waals surface area contributed by atoms with Crippen LogP contribution in [0, 0.1) is 17.8 Å². The molecule has 26 heavy (non-hydrogen) atoms. The lowest BCUT2D eigenvalue weighted by molar-refractivity contribution is -0.170. The highest BCUT2D eigenvalue weighted by molar-refractivity contribution is 6.03. The normalized spacial score (nSPS) is 26.1. The molecule has 0 aromatic carbocycles. The summed E-state index contributed by atoms with van der Waals surface area (Å²) in [4.78, 5) is 48.6. The van der Waals surface area contributed by atoms with E-state index in [1.54, 1.807) is 0 Å². The number of rotatable bonds is 8. The van der Waals surface area contributed by atoms with E-state index in [0.717, 1.165) is 32.1 Å². The van der Waals surface area contributed by atoms with Crippen LogP contribution in [0.5, 0.6) is 0 Å². The highest BCUT2D eigenvalue weighted by Gasteiger charge is 2.39. The fraction of sp³-hybridized carbons (Fsp3) is 0.789. The molecule has 1 unspecified atom stereocenters. The molecule has 1 aliphatic carbocycles. The lowest BCUT2D eigenvalue weighted by Gasteiger charge is -2.29. The van der Waals surface area contributed by atoms with Gasteiger partial charge in [0.1, 0.15) is 0 Å². The zero-order chi connectivity index (χ0) is 19.1. The van der Waals surface area contributed by atoms with E-state index in [-0.39, 0.29) is 42.3 Å². The quantitative estimate of drug-likeness (QED) is 0.372. The number of esters is 2. The van der Waals surface area contributed by atoms with Gasteiger partial charge in [0.2, 0.25) is 18.6 Å². The van der Waals surface area contributed by atoms with Crippen molar-refractivity contribution in [1.29, 1.82) is 0 Å². The minimum absolute atomic E-state index is 0.0219. The van der Waals surface area contributed by atoms with Crippen LogP contribution in [0.4, 0.5) is 0 Å². The molecular weight excluding hydrogens is 338 g/mol. The van der Waals surface area contributed by atoms with Crippen molar-refractivity contribution < 1.29 is 28.7 Å². The number of carbonyl (C=O) groups excluding carboxylic acids is 4. The molecule has 1 aliphatic heterocycles. The molecule has 0 bridgehead atoms. The van der Waals surface area contributed by atoms with Crippen molar-refractivity contribution in [3.8, 4) is 0 Å². The van der Waals surface area contributed by atoms with Gasteiger partial charge in [0, 0.05) is 25.8 Å². The second kappa shape index (κ2) is 9.69. The van der Waals surface area contributed by atoms with Crippen molar-refractivity contribution >= 4 is 23.8 Å². The van der Waals surface area contributed by atoms with Crippen LogP contribution in [0.3, 0.4) is 0 Å². The zero-order valence-corrected chi connectivity index (χ0v) is 15.7. The van der Waals surface area contributed by atoms with E-state index in [9.17, 15) is 19.2 Å². The van der Waals surface area contributed by atoms with Gasteiger partial charge in [-0.2, -0.15) is 0 Å². The Hall–Kier alpha value is -1.92.